The largest absolute Gasteiger partial charge is 0.313 e. The summed E-state index contributed by atoms with van der Waals surface area (Å²) >= 11 is 5.53. The number of nitrogens with one attached hydrogen (secondary N) is 1. The molecular formula is C15H23BrN2S. The van der Waals surface area contributed by atoms with Gasteiger partial charge in [0.2, 0.25) is 0 Å². The van der Waals surface area contributed by atoms with Crippen LogP contribution in [-0.2, 0) is 0 Å². The molecule has 1 N–H and O–H groups in total. The highest BCUT2D eigenvalue weighted by atomic mass is 79.9. The van der Waals surface area contributed by atoms with Crippen molar-refractivity contribution in [2.24, 2.45) is 5.41 Å². The average molecular weight is 343 g/mol. The molecule has 1 aromatic heterocycles. The number of rotatable bonds is 4. The van der Waals surface area contributed by atoms with Crippen LogP contribution in [0.1, 0.15) is 40.0 Å². The zero-order valence-electron chi connectivity index (χ0n) is 11.9. The quantitative estimate of drug-likeness (QED) is 0.872. The van der Waals surface area contributed by atoms with Crippen LogP contribution < -0.4 is 5.32 Å². The van der Waals surface area contributed by atoms with Crippen LogP contribution in [0, 0.1) is 5.41 Å². The maximum Gasteiger partial charge on any atom is 0.110 e. The van der Waals surface area contributed by atoms with Gasteiger partial charge in [0.25, 0.3) is 0 Å². The summed E-state index contributed by atoms with van der Waals surface area (Å²) in [4.78, 5) is 4.50. The Morgan fingerprint density at radius 2 is 2.32 bits per heavy atom. The molecule has 0 bridgehead atoms. The molecule has 1 fully saturated rings. The van der Waals surface area contributed by atoms with Gasteiger partial charge in [-0.2, -0.15) is 0 Å². The second kappa shape index (κ2) is 6.59. The van der Waals surface area contributed by atoms with Crippen molar-refractivity contribution in [1.29, 1.82) is 0 Å². The fourth-order valence-corrected chi connectivity index (χ4v) is 4.80. The van der Waals surface area contributed by atoms with E-state index in [9.17, 15) is 0 Å². The van der Waals surface area contributed by atoms with Crippen molar-refractivity contribution >= 4 is 27.7 Å². The molecule has 19 heavy (non-hydrogen) atoms. The Hall–Kier alpha value is -0.0600. The molecule has 1 aliphatic carbocycles. The summed E-state index contributed by atoms with van der Waals surface area (Å²) in [6, 6.07) is 4.66. The Bertz CT molecular complexity index is 422. The smallest absolute Gasteiger partial charge is 0.110 e. The third-order valence-electron chi connectivity index (χ3n) is 3.79. The number of hydrogen-bond donors (Lipinski definition) is 1. The van der Waals surface area contributed by atoms with Crippen LogP contribution in [0.4, 0.5) is 0 Å². The lowest BCUT2D eigenvalue weighted by Crippen LogP contribution is -2.44. The molecule has 2 atom stereocenters. The van der Waals surface area contributed by atoms with Gasteiger partial charge in [-0.25, -0.2) is 4.98 Å². The van der Waals surface area contributed by atoms with Gasteiger partial charge < -0.3 is 5.32 Å². The zero-order valence-corrected chi connectivity index (χ0v) is 14.4. The van der Waals surface area contributed by atoms with Gasteiger partial charge in [-0.05, 0) is 59.3 Å². The van der Waals surface area contributed by atoms with Crippen molar-refractivity contribution in [2.45, 2.75) is 56.4 Å². The molecule has 106 valence electrons. The van der Waals surface area contributed by atoms with Gasteiger partial charge >= 0.3 is 0 Å². The van der Waals surface area contributed by atoms with Crippen LogP contribution in [0.2, 0.25) is 0 Å². The first-order valence-corrected chi connectivity index (χ1v) is 8.69. The van der Waals surface area contributed by atoms with Gasteiger partial charge in [0, 0.05) is 22.0 Å². The van der Waals surface area contributed by atoms with Gasteiger partial charge in [-0.3, -0.25) is 0 Å². The molecule has 2 nitrogen and oxygen atoms in total. The molecule has 0 saturated heterocycles. The normalized spacial score (nSPS) is 26.3. The Labute approximate surface area is 129 Å². The molecule has 0 radical (unpaired) electrons. The number of thioether (sulfide) groups is 1. The second-order valence-electron chi connectivity index (χ2n) is 6.02. The van der Waals surface area contributed by atoms with E-state index in [1.807, 2.05) is 24.0 Å². The molecule has 0 amide bonds. The maximum absolute atomic E-state index is 4.50. The van der Waals surface area contributed by atoms with Gasteiger partial charge in [-0.15, -0.1) is 11.8 Å². The highest BCUT2D eigenvalue weighted by Gasteiger charge is 2.35. The van der Waals surface area contributed by atoms with E-state index in [0.29, 0.717) is 16.7 Å². The topological polar surface area (TPSA) is 24.9 Å². The number of nitrogens with zero attached hydrogens (tertiary/aromatic N) is 1. The van der Waals surface area contributed by atoms with Gasteiger partial charge in [0.1, 0.15) is 5.03 Å². The molecule has 1 heterocycles. The molecule has 1 aromatic rings. The lowest BCUT2D eigenvalue weighted by molar-refractivity contribution is 0.215. The number of pyridine rings is 1. The molecule has 0 aromatic carbocycles. The van der Waals surface area contributed by atoms with Crippen LogP contribution in [0.3, 0.4) is 0 Å². The monoisotopic (exact) mass is 342 g/mol. The number of halogens is 1. The molecule has 0 spiro atoms. The van der Waals surface area contributed by atoms with Crippen molar-refractivity contribution in [2.75, 3.05) is 6.54 Å². The van der Waals surface area contributed by atoms with Gasteiger partial charge in [-0.1, -0.05) is 20.8 Å². The van der Waals surface area contributed by atoms with Gasteiger partial charge in [0.15, 0.2) is 0 Å². The summed E-state index contributed by atoms with van der Waals surface area (Å²) in [6.45, 7) is 8.01. The van der Waals surface area contributed by atoms with E-state index in [-0.39, 0.29) is 0 Å². The second-order valence-corrected chi connectivity index (χ2v) is 8.10. The van der Waals surface area contributed by atoms with E-state index in [1.54, 1.807) is 0 Å². The van der Waals surface area contributed by atoms with E-state index >= 15 is 0 Å². The first-order chi connectivity index (χ1) is 9.02. The molecule has 1 aliphatic rings. The van der Waals surface area contributed by atoms with Crippen molar-refractivity contribution in [1.82, 2.24) is 10.3 Å². The Morgan fingerprint density at radius 3 is 3.00 bits per heavy atom. The highest BCUT2D eigenvalue weighted by Crippen LogP contribution is 2.43. The fraction of sp³-hybridized carbons (Fsp3) is 0.667. The molecule has 0 aliphatic heterocycles. The summed E-state index contributed by atoms with van der Waals surface area (Å²) in [5, 5.41) is 5.37. The first kappa shape index (κ1) is 15.3. The van der Waals surface area contributed by atoms with Crippen molar-refractivity contribution in [3.05, 3.63) is 22.8 Å². The van der Waals surface area contributed by atoms with E-state index in [4.69, 9.17) is 0 Å². The molecule has 2 unspecified atom stereocenters. The Morgan fingerprint density at radius 1 is 1.53 bits per heavy atom. The maximum atomic E-state index is 4.50. The summed E-state index contributed by atoms with van der Waals surface area (Å²) in [6.07, 6.45) is 5.70. The molecule has 4 heteroatoms. The van der Waals surface area contributed by atoms with Crippen LogP contribution in [0.15, 0.2) is 27.8 Å². The zero-order chi connectivity index (χ0) is 13.9. The van der Waals surface area contributed by atoms with Crippen LogP contribution in [0.5, 0.6) is 0 Å². The van der Waals surface area contributed by atoms with Crippen LogP contribution in [0.25, 0.3) is 0 Å². The van der Waals surface area contributed by atoms with Crippen LogP contribution >= 0.6 is 27.7 Å². The fourth-order valence-electron chi connectivity index (χ4n) is 2.74. The minimum Gasteiger partial charge on any atom is -0.313 e. The minimum absolute atomic E-state index is 0.449. The van der Waals surface area contributed by atoms with E-state index in [2.05, 4.69) is 53.1 Å². The number of hydrogen-bond acceptors (Lipinski definition) is 3. The Balaban J connectivity index is 2.11. The summed E-state index contributed by atoms with van der Waals surface area (Å²) in [7, 11) is 0. The highest BCUT2D eigenvalue weighted by molar-refractivity contribution is 9.10. The predicted octanol–water partition coefficient (Wildman–Crippen LogP) is 4.49. The van der Waals surface area contributed by atoms with Crippen molar-refractivity contribution in [3.8, 4) is 0 Å². The predicted molar refractivity (Wildman–Crippen MR) is 86.7 cm³/mol. The molecule has 1 saturated carbocycles. The SMILES string of the molecule is CCNC1CCC(C)(C)CC1Sc1ncccc1Br. The lowest BCUT2D eigenvalue weighted by atomic mass is 9.75. The molecule has 2 rings (SSSR count). The summed E-state index contributed by atoms with van der Waals surface area (Å²) in [5.74, 6) is 0. The van der Waals surface area contributed by atoms with E-state index in [1.165, 1.54) is 19.3 Å². The Kier molecular flexibility index (Phi) is 5.32. The minimum atomic E-state index is 0.449. The average Bonchev–Trinajstić information content (AvgIpc) is 2.35. The third-order valence-corrected chi connectivity index (χ3v) is 6.04. The first-order valence-electron chi connectivity index (χ1n) is 7.02. The van der Waals surface area contributed by atoms with E-state index in [0.717, 1.165) is 16.0 Å². The van der Waals surface area contributed by atoms with Crippen molar-refractivity contribution < 1.29 is 0 Å². The van der Waals surface area contributed by atoms with Gasteiger partial charge in [0.05, 0.1) is 0 Å². The van der Waals surface area contributed by atoms with E-state index < -0.39 is 0 Å². The summed E-state index contributed by atoms with van der Waals surface area (Å²) < 4.78 is 1.11. The standard InChI is InChI=1S/C15H23BrN2S/c1-4-17-12-7-8-15(2,3)10-13(12)19-14-11(16)6-5-9-18-14/h5-6,9,12-13,17H,4,7-8,10H2,1-3H3. The van der Waals surface area contributed by atoms with Crippen molar-refractivity contribution in [3.63, 3.8) is 0 Å². The summed E-state index contributed by atoms with van der Waals surface area (Å²) in [5.41, 5.74) is 0.449. The lowest BCUT2D eigenvalue weighted by Gasteiger charge is -2.40. The third kappa shape index (κ3) is 4.20. The molecular weight excluding hydrogens is 320 g/mol. The van der Waals surface area contributed by atoms with Crippen LogP contribution in [-0.4, -0.2) is 22.8 Å². The number of aromatic nitrogens is 1.